The minimum Gasteiger partial charge on any atom is -0.355 e. The molecule has 2 N–H and O–H groups in total. The zero-order chi connectivity index (χ0) is 14.8. The van der Waals surface area contributed by atoms with Gasteiger partial charge in [-0.25, -0.2) is 4.39 Å². The number of hydrogen-bond acceptors (Lipinski definition) is 2. The van der Waals surface area contributed by atoms with Gasteiger partial charge in [-0.15, -0.1) is 0 Å². The number of hydrogen-bond donors (Lipinski definition) is 2. The van der Waals surface area contributed by atoms with Crippen molar-refractivity contribution in [2.24, 2.45) is 0 Å². The molecule has 0 radical (unpaired) electrons. The van der Waals surface area contributed by atoms with Gasteiger partial charge in [0.05, 0.1) is 6.04 Å². The van der Waals surface area contributed by atoms with Crippen LogP contribution in [0.1, 0.15) is 33.1 Å². The number of halogens is 1. The van der Waals surface area contributed by atoms with Gasteiger partial charge in [0.15, 0.2) is 0 Å². The first kappa shape index (κ1) is 13.8. The summed E-state index contributed by atoms with van der Waals surface area (Å²) < 4.78 is 13.1. The third kappa shape index (κ3) is 2.67. The maximum absolute atomic E-state index is 13.1. The van der Waals surface area contributed by atoms with Crippen LogP contribution in [0.5, 0.6) is 0 Å². The van der Waals surface area contributed by atoms with Crippen LogP contribution in [-0.4, -0.2) is 19.5 Å². The zero-order valence-electron chi connectivity index (χ0n) is 11.8. The predicted molar refractivity (Wildman–Crippen MR) is 79.8 cm³/mol. The van der Waals surface area contributed by atoms with Crippen LogP contribution >= 0.6 is 0 Å². The molecular formula is C17H17FN2O. The van der Waals surface area contributed by atoms with Gasteiger partial charge < -0.3 is 10.6 Å². The van der Waals surface area contributed by atoms with Crippen molar-refractivity contribution < 1.29 is 9.18 Å². The third-order valence-electron chi connectivity index (χ3n) is 3.89. The Morgan fingerprint density at radius 2 is 2.00 bits per heavy atom. The molecule has 108 valence electrons. The van der Waals surface area contributed by atoms with Crippen molar-refractivity contribution >= 4 is 5.91 Å². The Kier molecular flexibility index (Phi) is 3.71. The quantitative estimate of drug-likeness (QED) is 0.889. The van der Waals surface area contributed by atoms with E-state index in [-0.39, 0.29) is 17.8 Å². The van der Waals surface area contributed by atoms with Gasteiger partial charge in [-0.2, -0.15) is 0 Å². The average molecular weight is 284 g/mol. The molecule has 1 amide bonds. The standard InChI is InChI=1S/C17H17FN2O/c1-19-17(21)13-3-2-11-8-9-20-16(15(11)10-13)12-4-6-14(18)7-5-12/h2-7,10,16,20H,8-9H2,1H3,(H,19,21). The van der Waals surface area contributed by atoms with Gasteiger partial charge in [0.1, 0.15) is 5.82 Å². The number of carbonyl (C=O) groups excluding carboxylic acids is 1. The molecule has 0 fully saturated rings. The summed E-state index contributed by atoms with van der Waals surface area (Å²) in [7, 11) is 1.62. The van der Waals surface area contributed by atoms with Crippen LogP contribution in [0.15, 0.2) is 42.5 Å². The van der Waals surface area contributed by atoms with Crippen molar-refractivity contribution in [1.82, 2.24) is 10.6 Å². The molecule has 0 aliphatic carbocycles. The summed E-state index contributed by atoms with van der Waals surface area (Å²) in [4.78, 5) is 11.8. The van der Waals surface area contributed by atoms with Crippen molar-refractivity contribution in [2.75, 3.05) is 13.6 Å². The Labute approximate surface area is 123 Å². The van der Waals surface area contributed by atoms with Crippen molar-refractivity contribution in [3.05, 3.63) is 70.5 Å². The second-order valence-corrected chi connectivity index (χ2v) is 5.18. The number of rotatable bonds is 2. The molecule has 4 heteroatoms. The summed E-state index contributed by atoms with van der Waals surface area (Å²) in [6.07, 6.45) is 0.932. The highest BCUT2D eigenvalue weighted by atomic mass is 19.1. The molecule has 1 aliphatic rings. The highest BCUT2D eigenvalue weighted by molar-refractivity contribution is 5.94. The lowest BCUT2D eigenvalue weighted by molar-refractivity contribution is 0.0963. The summed E-state index contributed by atoms with van der Waals surface area (Å²) >= 11 is 0. The van der Waals surface area contributed by atoms with E-state index in [1.807, 2.05) is 18.2 Å². The SMILES string of the molecule is CNC(=O)c1ccc2c(c1)C(c1ccc(F)cc1)NCC2. The Morgan fingerprint density at radius 1 is 1.24 bits per heavy atom. The third-order valence-corrected chi connectivity index (χ3v) is 3.89. The van der Waals surface area contributed by atoms with Crippen molar-refractivity contribution in [1.29, 1.82) is 0 Å². The molecule has 1 heterocycles. The van der Waals surface area contributed by atoms with Gasteiger partial charge in [0.25, 0.3) is 5.91 Å². The van der Waals surface area contributed by atoms with E-state index in [1.165, 1.54) is 17.7 Å². The summed E-state index contributed by atoms with van der Waals surface area (Å²) in [5.74, 6) is -0.338. The molecule has 21 heavy (non-hydrogen) atoms. The molecule has 0 saturated heterocycles. The number of amides is 1. The largest absolute Gasteiger partial charge is 0.355 e. The van der Waals surface area contributed by atoms with E-state index in [1.54, 1.807) is 19.2 Å². The second-order valence-electron chi connectivity index (χ2n) is 5.18. The minimum absolute atomic E-state index is 0.000967. The van der Waals surface area contributed by atoms with E-state index in [0.717, 1.165) is 24.1 Å². The Balaban J connectivity index is 2.03. The molecule has 0 spiro atoms. The van der Waals surface area contributed by atoms with E-state index >= 15 is 0 Å². The first-order chi connectivity index (χ1) is 10.2. The van der Waals surface area contributed by atoms with Gasteiger partial charge in [0, 0.05) is 19.2 Å². The lowest BCUT2D eigenvalue weighted by Gasteiger charge is -2.28. The summed E-state index contributed by atoms with van der Waals surface area (Å²) in [6, 6.07) is 12.3. The molecule has 0 saturated carbocycles. The lowest BCUT2D eigenvalue weighted by Crippen LogP contribution is -2.31. The first-order valence-corrected chi connectivity index (χ1v) is 7.03. The zero-order valence-corrected chi connectivity index (χ0v) is 11.8. The topological polar surface area (TPSA) is 41.1 Å². The van der Waals surface area contributed by atoms with E-state index in [0.29, 0.717) is 5.56 Å². The first-order valence-electron chi connectivity index (χ1n) is 7.03. The normalized spacial score (nSPS) is 17.1. The molecule has 0 bridgehead atoms. The Morgan fingerprint density at radius 3 is 2.71 bits per heavy atom. The highest BCUT2D eigenvalue weighted by Crippen LogP contribution is 2.29. The van der Waals surface area contributed by atoms with Gasteiger partial charge >= 0.3 is 0 Å². The summed E-state index contributed by atoms with van der Waals surface area (Å²) in [5.41, 5.74) is 3.98. The average Bonchev–Trinajstić information content (AvgIpc) is 2.54. The highest BCUT2D eigenvalue weighted by Gasteiger charge is 2.22. The fraction of sp³-hybridized carbons (Fsp3) is 0.235. The van der Waals surface area contributed by atoms with E-state index in [4.69, 9.17) is 0 Å². The van der Waals surface area contributed by atoms with Gasteiger partial charge in [-0.05, 0) is 47.4 Å². The monoisotopic (exact) mass is 284 g/mol. The number of benzene rings is 2. The van der Waals surface area contributed by atoms with Crippen LogP contribution in [0.2, 0.25) is 0 Å². The minimum atomic E-state index is -0.242. The number of carbonyl (C=O) groups is 1. The summed E-state index contributed by atoms with van der Waals surface area (Å²) in [6.45, 7) is 0.869. The molecule has 1 atom stereocenters. The van der Waals surface area contributed by atoms with Crippen molar-refractivity contribution in [3.8, 4) is 0 Å². The number of fused-ring (bicyclic) bond motifs is 1. The van der Waals surface area contributed by atoms with Gasteiger partial charge in [0.2, 0.25) is 0 Å². The maximum atomic E-state index is 13.1. The fourth-order valence-corrected chi connectivity index (χ4v) is 2.79. The van der Waals surface area contributed by atoms with Gasteiger partial charge in [-0.3, -0.25) is 4.79 Å². The van der Waals surface area contributed by atoms with E-state index < -0.39 is 0 Å². The fourth-order valence-electron chi connectivity index (χ4n) is 2.79. The predicted octanol–water partition coefficient (Wildman–Crippen LogP) is 2.42. The van der Waals surface area contributed by atoms with E-state index in [9.17, 15) is 9.18 Å². The molecule has 2 aromatic carbocycles. The Hall–Kier alpha value is -2.20. The Bertz CT molecular complexity index is 667. The second kappa shape index (κ2) is 5.66. The molecular weight excluding hydrogens is 267 g/mol. The van der Waals surface area contributed by atoms with E-state index in [2.05, 4.69) is 10.6 Å². The van der Waals surface area contributed by atoms with Gasteiger partial charge in [-0.1, -0.05) is 18.2 Å². The molecule has 3 rings (SSSR count). The van der Waals surface area contributed by atoms with Crippen LogP contribution in [0, 0.1) is 5.82 Å². The molecule has 2 aromatic rings. The van der Waals surface area contributed by atoms with Crippen LogP contribution in [-0.2, 0) is 6.42 Å². The van der Waals surface area contributed by atoms with Crippen LogP contribution in [0.3, 0.4) is 0 Å². The van der Waals surface area contributed by atoms with Crippen molar-refractivity contribution in [3.63, 3.8) is 0 Å². The number of nitrogens with one attached hydrogen (secondary N) is 2. The van der Waals surface area contributed by atoms with Crippen LogP contribution < -0.4 is 10.6 Å². The van der Waals surface area contributed by atoms with Crippen LogP contribution in [0.25, 0.3) is 0 Å². The maximum Gasteiger partial charge on any atom is 0.251 e. The molecule has 1 aliphatic heterocycles. The molecule has 0 aromatic heterocycles. The van der Waals surface area contributed by atoms with Crippen LogP contribution in [0.4, 0.5) is 4.39 Å². The smallest absolute Gasteiger partial charge is 0.251 e. The summed E-state index contributed by atoms with van der Waals surface area (Å²) in [5, 5.41) is 6.08. The molecule has 3 nitrogen and oxygen atoms in total. The lowest BCUT2D eigenvalue weighted by atomic mass is 9.88. The molecule has 1 unspecified atom stereocenters. The van der Waals surface area contributed by atoms with Crippen molar-refractivity contribution in [2.45, 2.75) is 12.5 Å².